The highest BCUT2D eigenvalue weighted by Gasteiger charge is 2.25. The zero-order valence-corrected chi connectivity index (χ0v) is 18.9. The maximum atomic E-state index is 6.20. The SMILES string of the molecule is CCNC(=NCCCOC1CCOCC1)NC1CCN(c2cc(Cl)ccc2OC)C1. The first kappa shape index (κ1) is 23.0. The van der Waals surface area contributed by atoms with Gasteiger partial charge in [-0.15, -0.1) is 0 Å². The third-order valence-corrected chi connectivity index (χ3v) is 5.68. The maximum absolute atomic E-state index is 6.20. The van der Waals surface area contributed by atoms with Crippen LogP contribution in [-0.4, -0.2) is 71.2 Å². The zero-order chi connectivity index (χ0) is 21.2. The van der Waals surface area contributed by atoms with Crippen LogP contribution in [0, 0.1) is 0 Å². The summed E-state index contributed by atoms with van der Waals surface area (Å²) >= 11 is 6.20. The first-order valence-electron chi connectivity index (χ1n) is 11.0. The summed E-state index contributed by atoms with van der Waals surface area (Å²) in [5.41, 5.74) is 1.04. The van der Waals surface area contributed by atoms with Crippen molar-refractivity contribution < 1.29 is 14.2 Å². The third-order valence-electron chi connectivity index (χ3n) is 5.45. The monoisotopic (exact) mass is 438 g/mol. The zero-order valence-electron chi connectivity index (χ0n) is 18.2. The number of hydrogen-bond donors (Lipinski definition) is 2. The summed E-state index contributed by atoms with van der Waals surface area (Å²) in [7, 11) is 1.69. The molecule has 0 saturated carbocycles. The highest BCUT2D eigenvalue weighted by atomic mass is 35.5. The average molecular weight is 439 g/mol. The van der Waals surface area contributed by atoms with Crippen LogP contribution in [-0.2, 0) is 9.47 Å². The Balaban J connectivity index is 1.45. The largest absolute Gasteiger partial charge is 0.495 e. The summed E-state index contributed by atoms with van der Waals surface area (Å²) in [4.78, 5) is 7.04. The summed E-state index contributed by atoms with van der Waals surface area (Å²) in [6.07, 6.45) is 4.31. The minimum atomic E-state index is 0.324. The van der Waals surface area contributed by atoms with E-state index in [0.717, 1.165) is 94.1 Å². The molecule has 2 aliphatic rings. The molecule has 2 heterocycles. The van der Waals surface area contributed by atoms with Gasteiger partial charge in [0.05, 0.1) is 18.9 Å². The smallest absolute Gasteiger partial charge is 0.191 e. The lowest BCUT2D eigenvalue weighted by atomic mass is 10.1. The fourth-order valence-electron chi connectivity index (χ4n) is 3.87. The van der Waals surface area contributed by atoms with Crippen molar-refractivity contribution in [1.29, 1.82) is 0 Å². The van der Waals surface area contributed by atoms with Crippen LogP contribution >= 0.6 is 11.6 Å². The van der Waals surface area contributed by atoms with Crippen molar-refractivity contribution in [3.05, 3.63) is 23.2 Å². The van der Waals surface area contributed by atoms with Crippen LogP contribution in [0.4, 0.5) is 5.69 Å². The Hall–Kier alpha value is -1.70. The molecule has 30 heavy (non-hydrogen) atoms. The second-order valence-corrected chi connectivity index (χ2v) is 8.13. The number of nitrogens with one attached hydrogen (secondary N) is 2. The molecule has 3 rings (SSSR count). The van der Waals surface area contributed by atoms with Crippen LogP contribution in [0.1, 0.15) is 32.6 Å². The van der Waals surface area contributed by atoms with Gasteiger partial charge in [0, 0.05) is 57.1 Å². The number of hydrogen-bond acceptors (Lipinski definition) is 5. The van der Waals surface area contributed by atoms with Crippen molar-refractivity contribution in [3.63, 3.8) is 0 Å². The van der Waals surface area contributed by atoms with E-state index in [1.165, 1.54) is 0 Å². The molecule has 8 heteroatoms. The molecular weight excluding hydrogens is 404 g/mol. The number of ether oxygens (including phenoxy) is 3. The van der Waals surface area contributed by atoms with Crippen molar-refractivity contribution >= 4 is 23.2 Å². The molecule has 2 N–H and O–H groups in total. The second kappa shape index (κ2) is 12.2. The van der Waals surface area contributed by atoms with Gasteiger partial charge in [-0.3, -0.25) is 4.99 Å². The van der Waals surface area contributed by atoms with Gasteiger partial charge in [0.25, 0.3) is 0 Å². The van der Waals surface area contributed by atoms with Crippen molar-refractivity contribution in [1.82, 2.24) is 10.6 Å². The molecule has 7 nitrogen and oxygen atoms in total. The Morgan fingerprint density at radius 2 is 2.13 bits per heavy atom. The summed E-state index contributed by atoms with van der Waals surface area (Å²) < 4.78 is 16.8. The fraction of sp³-hybridized carbons (Fsp3) is 0.682. The number of anilines is 1. The molecule has 1 aromatic carbocycles. The van der Waals surface area contributed by atoms with Crippen molar-refractivity contribution in [2.45, 2.75) is 44.8 Å². The van der Waals surface area contributed by atoms with Crippen LogP contribution in [0.5, 0.6) is 5.75 Å². The highest BCUT2D eigenvalue weighted by molar-refractivity contribution is 6.30. The van der Waals surface area contributed by atoms with E-state index in [9.17, 15) is 0 Å². The number of benzene rings is 1. The molecule has 0 aromatic heterocycles. The Morgan fingerprint density at radius 3 is 2.90 bits per heavy atom. The molecule has 1 atom stereocenters. The third kappa shape index (κ3) is 6.93. The van der Waals surface area contributed by atoms with Gasteiger partial charge in [0.15, 0.2) is 5.96 Å². The first-order valence-corrected chi connectivity index (χ1v) is 11.4. The van der Waals surface area contributed by atoms with Crippen molar-refractivity contribution in [2.75, 3.05) is 58.0 Å². The van der Waals surface area contributed by atoms with E-state index < -0.39 is 0 Å². The van der Waals surface area contributed by atoms with Gasteiger partial charge in [-0.1, -0.05) is 11.6 Å². The van der Waals surface area contributed by atoms with Crippen LogP contribution < -0.4 is 20.3 Å². The van der Waals surface area contributed by atoms with Gasteiger partial charge in [-0.05, 0) is 50.8 Å². The number of guanidine groups is 1. The molecule has 1 unspecified atom stereocenters. The Morgan fingerprint density at radius 1 is 1.30 bits per heavy atom. The summed E-state index contributed by atoms with van der Waals surface area (Å²) in [5.74, 6) is 1.72. The van der Waals surface area contributed by atoms with E-state index in [2.05, 4.69) is 22.5 Å². The number of rotatable bonds is 9. The first-order chi connectivity index (χ1) is 14.7. The molecule has 2 aliphatic heterocycles. The van der Waals surface area contributed by atoms with Gasteiger partial charge in [-0.2, -0.15) is 0 Å². The summed E-state index contributed by atoms with van der Waals surface area (Å²) in [5, 5.41) is 7.65. The standard InChI is InChI=1S/C22H35ClN4O3/c1-3-24-22(25-10-4-12-30-19-8-13-29-14-9-19)26-18-7-11-27(16-18)20-15-17(23)5-6-21(20)28-2/h5-6,15,18-19H,3-4,7-14,16H2,1-2H3,(H2,24,25,26). The Kier molecular flexibility index (Phi) is 9.36. The van der Waals surface area contributed by atoms with Gasteiger partial charge in [-0.25, -0.2) is 0 Å². The molecule has 0 radical (unpaired) electrons. The molecule has 0 aliphatic carbocycles. The minimum Gasteiger partial charge on any atom is -0.495 e. The maximum Gasteiger partial charge on any atom is 0.191 e. The predicted octanol–water partition coefficient (Wildman–Crippen LogP) is 3.07. The van der Waals surface area contributed by atoms with Crippen molar-refractivity contribution in [2.24, 2.45) is 4.99 Å². The molecule has 0 spiro atoms. The molecular formula is C22H35ClN4O3. The topological polar surface area (TPSA) is 67.4 Å². The van der Waals surface area contributed by atoms with Crippen LogP contribution in [0.15, 0.2) is 23.2 Å². The quantitative estimate of drug-likeness (QED) is 0.351. The van der Waals surface area contributed by atoms with E-state index in [1.54, 1.807) is 7.11 Å². The molecule has 168 valence electrons. The van der Waals surface area contributed by atoms with E-state index in [4.69, 9.17) is 30.8 Å². The van der Waals surface area contributed by atoms with Crippen LogP contribution in [0.3, 0.4) is 0 Å². The molecule has 0 bridgehead atoms. The highest BCUT2D eigenvalue weighted by Crippen LogP contribution is 2.33. The number of nitrogens with zero attached hydrogens (tertiary/aromatic N) is 2. The van der Waals surface area contributed by atoms with Gasteiger partial charge in [0.1, 0.15) is 5.75 Å². The lowest BCUT2D eigenvalue weighted by Crippen LogP contribution is -2.44. The van der Waals surface area contributed by atoms with E-state index >= 15 is 0 Å². The lowest BCUT2D eigenvalue weighted by Gasteiger charge is -2.23. The van der Waals surface area contributed by atoms with Gasteiger partial charge < -0.3 is 29.7 Å². The average Bonchev–Trinajstić information content (AvgIpc) is 3.22. The number of halogens is 1. The van der Waals surface area contributed by atoms with Crippen molar-refractivity contribution in [3.8, 4) is 5.75 Å². The summed E-state index contributed by atoms with van der Waals surface area (Å²) in [6, 6.07) is 6.08. The minimum absolute atomic E-state index is 0.324. The Bertz CT molecular complexity index is 682. The molecule has 2 saturated heterocycles. The normalized spacial score (nSPS) is 20.4. The predicted molar refractivity (Wildman–Crippen MR) is 122 cm³/mol. The van der Waals surface area contributed by atoms with Gasteiger partial charge in [0.2, 0.25) is 0 Å². The Labute approximate surface area is 185 Å². The van der Waals surface area contributed by atoms with Gasteiger partial charge >= 0.3 is 0 Å². The molecule has 0 amide bonds. The van der Waals surface area contributed by atoms with Crippen LogP contribution in [0.25, 0.3) is 0 Å². The van der Waals surface area contributed by atoms with E-state index in [-0.39, 0.29) is 0 Å². The second-order valence-electron chi connectivity index (χ2n) is 7.69. The summed E-state index contributed by atoms with van der Waals surface area (Å²) in [6.45, 7) is 7.89. The van der Waals surface area contributed by atoms with E-state index in [1.807, 2.05) is 18.2 Å². The van der Waals surface area contributed by atoms with Crippen LogP contribution in [0.2, 0.25) is 5.02 Å². The molecule has 2 fully saturated rings. The number of aliphatic imine (C=N–C) groups is 1. The number of methoxy groups -OCH3 is 1. The lowest BCUT2D eigenvalue weighted by molar-refractivity contribution is -0.0318. The fourth-order valence-corrected chi connectivity index (χ4v) is 4.03. The van der Waals surface area contributed by atoms with E-state index in [0.29, 0.717) is 12.1 Å². The molecule has 1 aromatic rings.